The molecule has 1 saturated carbocycles. The first kappa shape index (κ1) is 14.4. The van der Waals surface area contributed by atoms with Gasteiger partial charge in [-0.25, -0.2) is 13.1 Å². The summed E-state index contributed by atoms with van der Waals surface area (Å²) in [4.78, 5) is 0.364. The van der Waals surface area contributed by atoms with Crippen molar-refractivity contribution in [2.45, 2.75) is 49.2 Å². The number of hydrogen-bond donors (Lipinski definition) is 2. The number of nitrogens with one attached hydrogen (secondary N) is 1. The fourth-order valence-corrected chi connectivity index (χ4v) is 5.06. The molecule has 1 aliphatic carbocycles. The predicted molar refractivity (Wildman–Crippen MR) is 81.3 cm³/mol. The van der Waals surface area contributed by atoms with Crippen LogP contribution >= 0.6 is 11.8 Å². The zero-order chi connectivity index (χ0) is 14.2. The Morgan fingerprint density at radius 3 is 2.60 bits per heavy atom. The van der Waals surface area contributed by atoms with Crippen LogP contribution in [0.4, 0.5) is 0 Å². The van der Waals surface area contributed by atoms with E-state index in [1.807, 2.05) is 16.3 Å². The van der Waals surface area contributed by atoms with Crippen LogP contribution in [0.15, 0.2) is 17.2 Å². The van der Waals surface area contributed by atoms with Crippen LogP contribution in [-0.4, -0.2) is 30.5 Å². The smallest absolute Gasteiger partial charge is 0.242 e. The zero-order valence-electron chi connectivity index (χ0n) is 11.4. The van der Waals surface area contributed by atoms with Crippen LogP contribution in [0.1, 0.15) is 37.4 Å². The molecule has 1 saturated heterocycles. The molecule has 112 valence electrons. The molecule has 3 N–H and O–H groups in total. The molecule has 0 aromatic carbocycles. The minimum absolute atomic E-state index is 0.0758. The monoisotopic (exact) mass is 315 g/mol. The molecule has 2 fully saturated rings. The molecule has 7 heteroatoms. The molecule has 0 spiro atoms. The summed E-state index contributed by atoms with van der Waals surface area (Å²) in [6.07, 6.45) is 5.82. The fraction of sp³-hybridized carbons (Fsp3) is 0.692. The van der Waals surface area contributed by atoms with Crippen LogP contribution < -0.4 is 10.5 Å². The number of aromatic nitrogens is 1. The molecular weight excluding hydrogens is 294 g/mol. The highest BCUT2D eigenvalue weighted by atomic mass is 32.2. The average Bonchev–Trinajstić information content (AvgIpc) is 3.18. The second-order valence-electron chi connectivity index (χ2n) is 5.52. The van der Waals surface area contributed by atoms with Crippen LogP contribution in [0.2, 0.25) is 0 Å². The van der Waals surface area contributed by atoms with Gasteiger partial charge in [0, 0.05) is 30.5 Å². The van der Waals surface area contributed by atoms with E-state index in [2.05, 4.69) is 4.72 Å². The third-order valence-electron chi connectivity index (χ3n) is 3.91. The van der Waals surface area contributed by atoms with Crippen molar-refractivity contribution in [1.82, 2.24) is 9.29 Å². The summed E-state index contributed by atoms with van der Waals surface area (Å²) in [5.74, 6) is 2.06. The van der Waals surface area contributed by atoms with Crippen molar-refractivity contribution in [1.29, 1.82) is 0 Å². The lowest BCUT2D eigenvalue weighted by Gasteiger charge is -2.21. The summed E-state index contributed by atoms with van der Waals surface area (Å²) in [7, 11) is -3.41. The highest BCUT2D eigenvalue weighted by Crippen LogP contribution is 2.37. The first-order chi connectivity index (χ1) is 9.60. The summed E-state index contributed by atoms with van der Waals surface area (Å²) in [6.45, 7) is 0.381. The molecule has 0 unspecified atom stereocenters. The molecular formula is C13H21N3O2S2. The number of nitrogens with two attached hydrogens (primary N) is 1. The van der Waals surface area contributed by atoms with Crippen LogP contribution in [0, 0.1) is 0 Å². The van der Waals surface area contributed by atoms with Gasteiger partial charge in [-0.15, -0.1) is 0 Å². The highest BCUT2D eigenvalue weighted by molar-refractivity contribution is 7.99. The van der Waals surface area contributed by atoms with Gasteiger partial charge in [-0.3, -0.25) is 0 Å². The van der Waals surface area contributed by atoms with Crippen LogP contribution in [0.5, 0.6) is 0 Å². The molecule has 5 nitrogen and oxygen atoms in total. The second kappa shape index (κ2) is 5.71. The maximum Gasteiger partial charge on any atom is 0.242 e. The van der Waals surface area contributed by atoms with Crippen LogP contribution in [0.25, 0.3) is 0 Å². The lowest BCUT2D eigenvalue weighted by Crippen LogP contribution is -2.37. The van der Waals surface area contributed by atoms with Crippen molar-refractivity contribution in [2.75, 3.05) is 11.5 Å². The van der Waals surface area contributed by atoms with E-state index in [1.165, 1.54) is 0 Å². The standard InChI is InChI=1S/C13H21N3O2S2/c14-8-12-7-13(9-16(12)11-1-2-11)20(17,18)15-10-3-5-19-6-4-10/h7,9-11,15H,1-6,8,14H2. The first-order valence-electron chi connectivity index (χ1n) is 7.11. The van der Waals surface area contributed by atoms with Crippen molar-refractivity contribution >= 4 is 21.8 Å². The number of thioether (sulfide) groups is 1. The Labute approximate surface area is 124 Å². The van der Waals surface area contributed by atoms with Crippen molar-refractivity contribution in [3.63, 3.8) is 0 Å². The van der Waals surface area contributed by atoms with E-state index in [0.29, 0.717) is 17.5 Å². The Bertz CT molecular complexity index is 572. The third kappa shape index (κ3) is 3.05. The Balaban J connectivity index is 1.79. The second-order valence-corrected chi connectivity index (χ2v) is 8.46. The Morgan fingerprint density at radius 2 is 2.00 bits per heavy atom. The van der Waals surface area contributed by atoms with Gasteiger partial charge in [0.1, 0.15) is 0 Å². The van der Waals surface area contributed by atoms with Gasteiger partial charge in [-0.2, -0.15) is 11.8 Å². The molecule has 0 radical (unpaired) electrons. The van der Waals surface area contributed by atoms with Crippen LogP contribution in [-0.2, 0) is 16.6 Å². The Kier molecular flexibility index (Phi) is 4.12. The minimum atomic E-state index is -3.41. The third-order valence-corrected chi connectivity index (χ3v) is 6.45. The van der Waals surface area contributed by atoms with E-state index in [-0.39, 0.29) is 6.04 Å². The van der Waals surface area contributed by atoms with Crippen molar-refractivity contribution in [3.8, 4) is 0 Å². The van der Waals surface area contributed by atoms with Crippen molar-refractivity contribution < 1.29 is 8.42 Å². The molecule has 2 heterocycles. The SMILES string of the molecule is NCc1cc(S(=O)(=O)NC2CCSCC2)cn1C1CC1. The van der Waals surface area contributed by atoms with E-state index < -0.39 is 10.0 Å². The maximum atomic E-state index is 12.5. The van der Waals surface area contributed by atoms with E-state index in [1.54, 1.807) is 12.3 Å². The zero-order valence-corrected chi connectivity index (χ0v) is 13.0. The number of hydrogen-bond acceptors (Lipinski definition) is 4. The summed E-state index contributed by atoms with van der Waals surface area (Å²) < 4.78 is 29.8. The number of nitrogens with zero attached hydrogens (tertiary/aromatic N) is 1. The molecule has 2 aliphatic rings. The molecule has 1 aromatic rings. The molecule has 1 aromatic heterocycles. The summed E-state index contributed by atoms with van der Waals surface area (Å²) in [6, 6.07) is 2.24. The first-order valence-corrected chi connectivity index (χ1v) is 9.75. The van der Waals surface area contributed by atoms with Gasteiger partial charge in [-0.05, 0) is 43.3 Å². The summed E-state index contributed by atoms with van der Waals surface area (Å²) in [5, 5.41) is 0. The summed E-state index contributed by atoms with van der Waals surface area (Å²) in [5.41, 5.74) is 6.63. The van der Waals surface area contributed by atoms with Crippen molar-refractivity contribution in [3.05, 3.63) is 18.0 Å². The molecule has 20 heavy (non-hydrogen) atoms. The van der Waals surface area contributed by atoms with Gasteiger partial charge < -0.3 is 10.3 Å². The van der Waals surface area contributed by atoms with E-state index in [0.717, 1.165) is 42.9 Å². The molecule has 0 amide bonds. The van der Waals surface area contributed by atoms with E-state index in [9.17, 15) is 8.42 Å². The quantitative estimate of drug-likeness (QED) is 0.862. The number of sulfonamides is 1. The van der Waals surface area contributed by atoms with Gasteiger partial charge in [0.25, 0.3) is 0 Å². The van der Waals surface area contributed by atoms with Gasteiger partial charge in [-0.1, -0.05) is 0 Å². The minimum Gasteiger partial charge on any atom is -0.346 e. The molecule has 1 aliphatic heterocycles. The highest BCUT2D eigenvalue weighted by Gasteiger charge is 2.29. The van der Waals surface area contributed by atoms with Gasteiger partial charge in [0.15, 0.2) is 0 Å². The number of rotatable bonds is 5. The topological polar surface area (TPSA) is 77.1 Å². The van der Waals surface area contributed by atoms with Gasteiger partial charge in [0.2, 0.25) is 10.0 Å². The van der Waals surface area contributed by atoms with Gasteiger partial charge >= 0.3 is 0 Å². The van der Waals surface area contributed by atoms with Gasteiger partial charge in [0.05, 0.1) is 4.90 Å². The van der Waals surface area contributed by atoms with Crippen LogP contribution in [0.3, 0.4) is 0 Å². The maximum absolute atomic E-state index is 12.5. The molecule has 0 atom stereocenters. The normalized spacial score (nSPS) is 21.2. The van der Waals surface area contributed by atoms with E-state index in [4.69, 9.17) is 5.73 Å². The largest absolute Gasteiger partial charge is 0.346 e. The van der Waals surface area contributed by atoms with E-state index >= 15 is 0 Å². The Morgan fingerprint density at radius 1 is 1.30 bits per heavy atom. The predicted octanol–water partition coefficient (Wildman–Crippen LogP) is 1.46. The fourth-order valence-electron chi connectivity index (χ4n) is 2.60. The van der Waals surface area contributed by atoms with Crippen molar-refractivity contribution in [2.24, 2.45) is 5.73 Å². The lowest BCUT2D eigenvalue weighted by atomic mass is 10.2. The average molecular weight is 315 g/mol. The summed E-state index contributed by atoms with van der Waals surface area (Å²) >= 11 is 1.89. The lowest BCUT2D eigenvalue weighted by molar-refractivity contribution is 0.528. The Hall–Kier alpha value is -0.500. The molecule has 0 bridgehead atoms. The molecule has 3 rings (SSSR count).